The molecule has 1 fully saturated rings. The SMILES string of the molecule is O=C(CCn1cnnn1)Nc1nnc([C@@H]2CCCO2)s1. The lowest BCUT2D eigenvalue weighted by Crippen LogP contribution is -2.14. The van der Waals surface area contributed by atoms with Gasteiger partial charge in [0.05, 0.1) is 6.54 Å². The Kier molecular flexibility index (Phi) is 3.92. The summed E-state index contributed by atoms with van der Waals surface area (Å²) < 4.78 is 7.02. The summed E-state index contributed by atoms with van der Waals surface area (Å²) in [6, 6.07) is 0. The fourth-order valence-corrected chi connectivity index (χ4v) is 2.71. The Balaban J connectivity index is 1.50. The molecule has 1 amide bonds. The number of aromatic nitrogens is 6. The molecule has 0 aromatic carbocycles. The van der Waals surface area contributed by atoms with Gasteiger partial charge in [-0.05, 0) is 23.3 Å². The summed E-state index contributed by atoms with van der Waals surface area (Å²) in [5.41, 5.74) is 0. The van der Waals surface area contributed by atoms with E-state index in [0.29, 0.717) is 11.7 Å². The van der Waals surface area contributed by atoms with Crippen LogP contribution in [0.15, 0.2) is 6.33 Å². The normalized spacial score (nSPS) is 18.3. The molecule has 1 atom stereocenters. The number of rotatable bonds is 5. The number of nitrogens with one attached hydrogen (secondary N) is 1. The third-order valence-corrected chi connectivity index (χ3v) is 3.78. The van der Waals surface area contributed by atoms with Gasteiger partial charge in [0.2, 0.25) is 11.0 Å². The largest absolute Gasteiger partial charge is 0.371 e. The Bertz CT molecular complexity index is 564. The van der Waals surface area contributed by atoms with Crippen LogP contribution >= 0.6 is 11.3 Å². The first kappa shape index (κ1) is 13.1. The van der Waals surface area contributed by atoms with E-state index in [0.717, 1.165) is 24.5 Å². The van der Waals surface area contributed by atoms with Crippen molar-refractivity contribution in [2.75, 3.05) is 11.9 Å². The van der Waals surface area contributed by atoms with Crippen LogP contribution < -0.4 is 5.32 Å². The van der Waals surface area contributed by atoms with Crippen LogP contribution in [0.2, 0.25) is 0 Å². The number of anilines is 1. The van der Waals surface area contributed by atoms with Crippen molar-refractivity contribution in [3.8, 4) is 0 Å². The Labute approximate surface area is 118 Å². The van der Waals surface area contributed by atoms with Crippen molar-refractivity contribution in [3.05, 3.63) is 11.3 Å². The maximum Gasteiger partial charge on any atom is 0.228 e. The minimum absolute atomic E-state index is 0.0272. The number of carbonyl (C=O) groups is 1. The first-order valence-electron chi connectivity index (χ1n) is 6.27. The first-order chi connectivity index (χ1) is 9.81. The molecule has 3 rings (SSSR count). The molecule has 1 aliphatic rings. The summed E-state index contributed by atoms with van der Waals surface area (Å²) in [5.74, 6) is -0.143. The van der Waals surface area contributed by atoms with E-state index in [1.807, 2.05) is 0 Å². The van der Waals surface area contributed by atoms with Crippen molar-refractivity contribution in [3.63, 3.8) is 0 Å². The molecule has 2 aromatic rings. The molecule has 9 nitrogen and oxygen atoms in total. The van der Waals surface area contributed by atoms with Crippen molar-refractivity contribution < 1.29 is 9.53 Å². The van der Waals surface area contributed by atoms with E-state index in [2.05, 4.69) is 31.0 Å². The summed E-state index contributed by atoms with van der Waals surface area (Å²) in [6.07, 6.45) is 3.77. The first-order valence-corrected chi connectivity index (χ1v) is 7.08. The predicted octanol–water partition coefficient (Wildman–Crippen LogP) is 0.405. The zero-order valence-electron chi connectivity index (χ0n) is 10.6. The molecule has 0 unspecified atom stereocenters. The lowest BCUT2D eigenvalue weighted by Gasteiger charge is -2.02. The van der Waals surface area contributed by atoms with Gasteiger partial charge in [0.1, 0.15) is 17.4 Å². The van der Waals surface area contributed by atoms with Gasteiger partial charge in [-0.3, -0.25) is 4.79 Å². The standard InChI is InChI=1S/C10H13N7O2S/c18-8(3-4-17-6-11-15-16-17)12-10-14-13-9(20-10)7-2-1-5-19-7/h6-7H,1-5H2,(H,12,14,18)/t7-/m0/s1. The fourth-order valence-electron chi connectivity index (χ4n) is 1.87. The molecule has 1 aliphatic heterocycles. The minimum atomic E-state index is -0.143. The van der Waals surface area contributed by atoms with E-state index >= 15 is 0 Å². The number of hydrogen-bond donors (Lipinski definition) is 1. The molecule has 20 heavy (non-hydrogen) atoms. The van der Waals surface area contributed by atoms with Gasteiger partial charge in [-0.1, -0.05) is 11.3 Å². The van der Waals surface area contributed by atoms with Gasteiger partial charge in [-0.2, -0.15) is 0 Å². The van der Waals surface area contributed by atoms with Crippen LogP contribution in [0.5, 0.6) is 0 Å². The van der Waals surface area contributed by atoms with Crippen molar-refractivity contribution >= 4 is 22.4 Å². The maximum atomic E-state index is 11.8. The van der Waals surface area contributed by atoms with Crippen LogP contribution in [0.1, 0.15) is 30.4 Å². The topological polar surface area (TPSA) is 108 Å². The molecule has 10 heteroatoms. The zero-order valence-corrected chi connectivity index (χ0v) is 11.4. The smallest absolute Gasteiger partial charge is 0.228 e. The van der Waals surface area contributed by atoms with E-state index in [9.17, 15) is 4.79 Å². The average Bonchev–Trinajstić information content (AvgIpc) is 3.18. The number of carbonyl (C=O) groups excluding carboxylic acids is 1. The molecule has 2 aromatic heterocycles. The molecule has 0 radical (unpaired) electrons. The molecule has 106 valence electrons. The Morgan fingerprint density at radius 2 is 2.50 bits per heavy atom. The number of hydrogen-bond acceptors (Lipinski definition) is 8. The maximum absolute atomic E-state index is 11.8. The molecule has 0 aliphatic carbocycles. The van der Waals surface area contributed by atoms with Crippen LogP contribution in [0.4, 0.5) is 5.13 Å². The van der Waals surface area contributed by atoms with E-state index in [1.165, 1.54) is 22.3 Å². The molecule has 1 N–H and O–H groups in total. The van der Waals surface area contributed by atoms with Crippen LogP contribution in [0.25, 0.3) is 0 Å². The Morgan fingerprint density at radius 3 is 3.25 bits per heavy atom. The highest BCUT2D eigenvalue weighted by Gasteiger charge is 2.22. The molecule has 0 saturated carbocycles. The summed E-state index contributed by atoms with van der Waals surface area (Å²) in [4.78, 5) is 11.8. The van der Waals surface area contributed by atoms with Crippen LogP contribution in [0, 0.1) is 0 Å². The number of tetrazole rings is 1. The van der Waals surface area contributed by atoms with E-state index in [4.69, 9.17) is 4.74 Å². The van der Waals surface area contributed by atoms with Gasteiger partial charge >= 0.3 is 0 Å². The Hall–Kier alpha value is -1.94. The molecule has 1 saturated heterocycles. The monoisotopic (exact) mass is 295 g/mol. The van der Waals surface area contributed by atoms with Gasteiger partial charge in [0.25, 0.3) is 0 Å². The molecular formula is C10H13N7O2S. The minimum Gasteiger partial charge on any atom is -0.371 e. The van der Waals surface area contributed by atoms with E-state index in [1.54, 1.807) is 0 Å². The van der Waals surface area contributed by atoms with Crippen molar-refractivity contribution in [2.45, 2.75) is 31.9 Å². The Morgan fingerprint density at radius 1 is 1.55 bits per heavy atom. The summed E-state index contributed by atoms with van der Waals surface area (Å²) in [5, 5.41) is 22.7. The van der Waals surface area contributed by atoms with Gasteiger partial charge in [-0.25, -0.2) is 4.68 Å². The lowest BCUT2D eigenvalue weighted by atomic mass is 10.2. The van der Waals surface area contributed by atoms with E-state index < -0.39 is 0 Å². The second-order valence-electron chi connectivity index (χ2n) is 4.32. The van der Waals surface area contributed by atoms with Gasteiger partial charge in [0, 0.05) is 13.0 Å². The molecular weight excluding hydrogens is 282 g/mol. The quantitative estimate of drug-likeness (QED) is 0.850. The lowest BCUT2D eigenvalue weighted by molar-refractivity contribution is -0.116. The van der Waals surface area contributed by atoms with Crippen molar-refractivity contribution in [2.24, 2.45) is 0 Å². The predicted molar refractivity (Wildman–Crippen MR) is 68.9 cm³/mol. The highest BCUT2D eigenvalue weighted by molar-refractivity contribution is 7.15. The zero-order chi connectivity index (χ0) is 13.8. The van der Waals surface area contributed by atoms with Crippen LogP contribution in [-0.2, 0) is 16.1 Å². The number of nitrogens with zero attached hydrogens (tertiary/aromatic N) is 6. The second-order valence-corrected chi connectivity index (χ2v) is 5.33. The number of amides is 1. The van der Waals surface area contributed by atoms with Crippen molar-refractivity contribution in [1.82, 2.24) is 30.4 Å². The highest BCUT2D eigenvalue weighted by atomic mass is 32.1. The van der Waals surface area contributed by atoms with Gasteiger partial charge in [-0.15, -0.1) is 15.3 Å². The fraction of sp³-hybridized carbons (Fsp3) is 0.600. The van der Waals surface area contributed by atoms with Gasteiger partial charge < -0.3 is 10.1 Å². The summed E-state index contributed by atoms with van der Waals surface area (Å²) in [6.45, 7) is 1.19. The van der Waals surface area contributed by atoms with Crippen molar-refractivity contribution in [1.29, 1.82) is 0 Å². The van der Waals surface area contributed by atoms with E-state index in [-0.39, 0.29) is 18.4 Å². The molecule has 3 heterocycles. The molecule has 0 bridgehead atoms. The third-order valence-electron chi connectivity index (χ3n) is 2.85. The summed E-state index contributed by atoms with van der Waals surface area (Å²) >= 11 is 1.36. The number of aryl methyl sites for hydroxylation is 1. The average molecular weight is 295 g/mol. The van der Waals surface area contributed by atoms with Gasteiger partial charge in [0.15, 0.2) is 0 Å². The molecule has 0 spiro atoms. The van der Waals surface area contributed by atoms with Crippen LogP contribution in [-0.4, -0.2) is 42.9 Å². The number of ether oxygens (including phenoxy) is 1. The highest BCUT2D eigenvalue weighted by Crippen LogP contribution is 2.31. The summed E-state index contributed by atoms with van der Waals surface area (Å²) in [7, 11) is 0. The van der Waals surface area contributed by atoms with Crippen LogP contribution in [0.3, 0.4) is 0 Å². The third kappa shape index (κ3) is 3.14. The second kappa shape index (κ2) is 6.01.